The third-order valence-electron chi connectivity index (χ3n) is 5.86. The number of aliphatic carboxylic acids is 1. The van der Waals surface area contributed by atoms with Crippen molar-refractivity contribution in [3.8, 4) is 17.2 Å². The lowest BCUT2D eigenvalue weighted by Crippen LogP contribution is -2.17. The van der Waals surface area contributed by atoms with Gasteiger partial charge in [-0.3, -0.25) is 9.78 Å². The van der Waals surface area contributed by atoms with E-state index in [0.29, 0.717) is 29.4 Å². The molecule has 0 fully saturated rings. The predicted octanol–water partition coefficient (Wildman–Crippen LogP) is 3.31. The highest BCUT2D eigenvalue weighted by Crippen LogP contribution is 2.35. The van der Waals surface area contributed by atoms with Crippen LogP contribution in [0.25, 0.3) is 5.69 Å². The zero-order valence-corrected chi connectivity index (χ0v) is 23.0. The Morgan fingerprint density at radius 1 is 1.20 bits per heavy atom. The van der Waals surface area contributed by atoms with Crippen molar-refractivity contribution in [2.45, 2.75) is 19.5 Å². The van der Waals surface area contributed by atoms with Gasteiger partial charge in [-0.2, -0.15) is 4.68 Å². The van der Waals surface area contributed by atoms with Crippen LogP contribution in [-0.2, 0) is 11.3 Å². The lowest BCUT2D eigenvalue weighted by Gasteiger charge is -2.21. The predicted molar refractivity (Wildman–Crippen MR) is 154 cm³/mol. The normalized spacial score (nSPS) is 11.1. The second-order valence-corrected chi connectivity index (χ2v) is 8.70. The molecule has 0 amide bonds. The molecule has 0 bridgehead atoms. The minimum absolute atomic E-state index is 0.158. The minimum atomic E-state index is -0.924. The number of methoxy groups -OCH3 is 2. The van der Waals surface area contributed by atoms with Crippen molar-refractivity contribution in [2.24, 2.45) is 0 Å². The molecule has 0 saturated heterocycles. The Hall–Kier alpha value is -5.17. The second kappa shape index (κ2) is 13.8. The van der Waals surface area contributed by atoms with Gasteiger partial charge in [-0.05, 0) is 48.5 Å². The summed E-state index contributed by atoms with van der Waals surface area (Å²) < 4.78 is 27.2. The molecule has 0 aliphatic carbocycles. The Morgan fingerprint density at radius 2 is 1.85 bits per heavy atom. The number of H-pyrrole nitrogens is 1. The number of aromatic amines is 1. The highest BCUT2D eigenvalue weighted by atomic mass is 19.1. The van der Waals surface area contributed by atoms with Crippen LogP contribution in [0.15, 0.2) is 59.4 Å². The van der Waals surface area contributed by atoms with Gasteiger partial charge >= 0.3 is 5.69 Å². The molecule has 1 aromatic heterocycles. The van der Waals surface area contributed by atoms with Crippen LogP contribution in [0.5, 0.6) is 11.5 Å². The van der Waals surface area contributed by atoms with E-state index in [1.165, 1.54) is 32.6 Å². The number of carboxylic acid groups (broad SMARTS) is 1. The van der Waals surface area contributed by atoms with Crippen LogP contribution in [0.4, 0.5) is 15.8 Å². The first-order valence-electron chi connectivity index (χ1n) is 12.3. The summed E-state index contributed by atoms with van der Waals surface area (Å²) in [4.78, 5) is 24.6. The van der Waals surface area contributed by atoms with Crippen molar-refractivity contribution in [3.63, 3.8) is 0 Å². The maximum Gasteiger partial charge on any atom is 0.348 e. The second-order valence-electron chi connectivity index (χ2n) is 8.70. The lowest BCUT2D eigenvalue weighted by atomic mass is 10.0. The maximum absolute atomic E-state index is 15.4. The van der Waals surface area contributed by atoms with Crippen molar-refractivity contribution in [3.05, 3.63) is 93.4 Å². The highest BCUT2D eigenvalue weighted by molar-refractivity contribution is 5.80. The van der Waals surface area contributed by atoms with Crippen molar-refractivity contribution >= 4 is 23.6 Å². The highest BCUT2D eigenvalue weighted by Gasteiger charge is 2.26. The third-order valence-corrected chi connectivity index (χ3v) is 5.86. The topological polar surface area (TPSA) is 180 Å². The molecule has 13 heteroatoms. The van der Waals surface area contributed by atoms with Gasteiger partial charge < -0.3 is 36.4 Å². The fourth-order valence-corrected chi connectivity index (χ4v) is 4.05. The molecule has 0 spiro atoms. The van der Waals surface area contributed by atoms with E-state index in [0.717, 1.165) is 22.7 Å². The molecule has 4 aromatic rings. The molecule has 7 N–H and O–H groups in total. The number of nitrogens with two attached hydrogens (primary N) is 1. The molecule has 0 radical (unpaired) electrons. The van der Waals surface area contributed by atoms with Crippen molar-refractivity contribution in [2.75, 3.05) is 32.3 Å². The standard InChI is InChI=1S/C26H28FN7O3.C2H4O2/c1-30-14-16-10-17(9-8-15(16)13-28)31-24(18-11-22(36-2)23(37-3)12-19(18)27)25-32-26(35)34(33-25)21-7-5-4-6-20(21)29;1-2(3)4/h4-13,24,28,30-31H,14,29H2,1-3H3,(H,32,33,35);1H3,(H,3,4). The number of nitrogens with one attached hydrogen (secondary N) is 4. The molecule has 0 aliphatic rings. The van der Waals surface area contributed by atoms with Crippen LogP contribution in [0, 0.1) is 11.2 Å². The zero-order valence-electron chi connectivity index (χ0n) is 23.0. The largest absolute Gasteiger partial charge is 0.493 e. The Kier molecular flexibility index (Phi) is 10.2. The molecular formula is C28H32FN7O5. The van der Waals surface area contributed by atoms with Crippen LogP contribution in [0.1, 0.15) is 35.5 Å². The van der Waals surface area contributed by atoms with Gasteiger partial charge in [0.25, 0.3) is 5.97 Å². The summed E-state index contributed by atoms with van der Waals surface area (Å²) in [5.41, 5.74) is 8.70. The number of carboxylic acids is 1. The summed E-state index contributed by atoms with van der Waals surface area (Å²) in [5, 5.41) is 25.9. The molecule has 4 rings (SSSR count). The first-order chi connectivity index (χ1) is 19.6. The van der Waals surface area contributed by atoms with Crippen molar-refractivity contribution in [1.82, 2.24) is 20.1 Å². The number of nitrogens with zero attached hydrogens (tertiary/aromatic N) is 2. The minimum Gasteiger partial charge on any atom is -0.493 e. The molecule has 1 unspecified atom stereocenters. The Balaban J connectivity index is 0.00000108. The van der Waals surface area contributed by atoms with E-state index in [4.69, 9.17) is 30.5 Å². The summed E-state index contributed by atoms with van der Waals surface area (Å²) in [5.74, 6) is -0.720. The van der Waals surface area contributed by atoms with Gasteiger partial charge in [0.05, 0.1) is 25.6 Å². The average Bonchev–Trinajstić information content (AvgIpc) is 3.32. The van der Waals surface area contributed by atoms with Gasteiger partial charge in [0.1, 0.15) is 11.9 Å². The van der Waals surface area contributed by atoms with E-state index in [-0.39, 0.29) is 17.1 Å². The van der Waals surface area contributed by atoms with Crippen molar-refractivity contribution in [1.29, 1.82) is 5.41 Å². The van der Waals surface area contributed by atoms with Crippen molar-refractivity contribution < 1.29 is 23.8 Å². The molecule has 0 saturated carbocycles. The number of rotatable bonds is 10. The molecular weight excluding hydrogens is 533 g/mol. The van der Waals surface area contributed by atoms with Crippen LogP contribution in [-0.4, -0.2) is 53.3 Å². The molecule has 3 aromatic carbocycles. The number of aromatic nitrogens is 3. The summed E-state index contributed by atoms with van der Waals surface area (Å²) in [6.45, 7) is 1.61. The molecule has 1 heterocycles. The van der Waals surface area contributed by atoms with Crippen LogP contribution in [0.2, 0.25) is 0 Å². The summed E-state index contributed by atoms with van der Waals surface area (Å²) >= 11 is 0. The monoisotopic (exact) mass is 565 g/mol. The van der Waals surface area contributed by atoms with Gasteiger partial charge in [0.15, 0.2) is 17.3 Å². The smallest absolute Gasteiger partial charge is 0.348 e. The fraction of sp³-hybridized carbons (Fsp3) is 0.214. The van der Waals surface area contributed by atoms with E-state index in [1.54, 1.807) is 36.4 Å². The van der Waals surface area contributed by atoms with E-state index in [9.17, 15) is 4.79 Å². The van der Waals surface area contributed by atoms with E-state index < -0.39 is 23.5 Å². The number of hydrogen-bond donors (Lipinski definition) is 6. The Bertz CT molecular complexity index is 1580. The van der Waals surface area contributed by atoms with E-state index >= 15 is 4.39 Å². The Labute approximate surface area is 235 Å². The van der Waals surface area contributed by atoms with Gasteiger partial charge in [-0.15, -0.1) is 5.10 Å². The molecule has 0 aliphatic heterocycles. The summed E-state index contributed by atoms with van der Waals surface area (Å²) in [6.07, 6.45) is 1.27. The number of carbonyl (C=O) groups is 1. The van der Waals surface area contributed by atoms with E-state index in [2.05, 4.69) is 20.7 Å². The molecule has 12 nitrogen and oxygen atoms in total. The number of para-hydroxylation sites is 2. The van der Waals surface area contributed by atoms with Crippen LogP contribution >= 0.6 is 0 Å². The fourth-order valence-electron chi connectivity index (χ4n) is 4.05. The first kappa shape index (κ1) is 30.4. The Morgan fingerprint density at radius 3 is 2.46 bits per heavy atom. The number of nitrogen functional groups attached to an aromatic ring is 1. The number of hydrogen-bond acceptors (Lipinski definition) is 9. The van der Waals surface area contributed by atoms with Gasteiger partial charge in [-0.25, -0.2) is 9.18 Å². The zero-order chi connectivity index (χ0) is 30.1. The number of ether oxygens (including phenoxy) is 2. The molecule has 216 valence electrons. The molecule has 1 atom stereocenters. The SMILES string of the molecule is CC(=O)O.CNCc1cc(NC(c2nn(-c3ccccc3N)c(=O)[nH]2)c2cc(OC)c(OC)cc2F)ccc1C=N. The van der Waals surface area contributed by atoms with Crippen LogP contribution < -0.4 is 31.5 Å². The maximum atomic E-state index is 15.4. The average molecular weight is 566 g/mol. The van der Waals surface area contributed by atoms with Gasteiger partial charge in [0, 0.05) is 37.0 Å². The quantitative estimate of drug-likeness (QED) is 0.124. The van der Waals surface area contributed by atoms with Crippen LogP contribution in [0.3, 0.4) is 0 Å². The van der Waals surface area contributed by atoms with Gasteiger partial charge in [0.2, 0.25) is 0 Å². The third kappa shape index (κ3) is 7.28. The lowest BCUT2D eigenvalue weighted by molar-refractivity contribution is -0.134. The number of benzene rings is 3. The first-order valence-corrected chi connectivity index (χ1v) is 12.3. The molecule has 41 heavy (non-hydrogen) atoms. The summed E-state index contributed by atoms with van der Waals surface area (Å²) in [6, 6.07) is 14.0. The number of anilines is 2. The van der Waals surface area contributed by atoms with Gasteiger partial charge in [-0.1, -0.05) is 18.2 Å². The van der Waals surface area contributed by atoms with E-state index in [1.807, 2.05) is 13.1 Å². The number of halogens is 1. The summed E-state index contributed by atoms with van der Waals surface area (Å²) in [7, 11) is 4.68.